The van der Waals surface area contributed by atoms with Crippen LogP contribution in [-0.4, -0.2) is 42.7 Å². The molecule has 1 aromatic rings. The normalized spacial score (nSPS) is 17.5. The number of hydrogen-bond donors (Lipinski definition) is 3. The van der Waals surface area contributed by atoms with Crippen LogP contribution in [0.2, 0.25) is 0 Å². The first-order valence-corrected chi connectivity index (χ1v) is 9.53. The van der Waals surface area contributed by atoms with Gasteiger partial charge in [-0.25, -0.2) is 13.1 Å². The summed E-state index contributed by atoms with van der Waals surface area (Å²) in [5.74, 6) is 2.02. The van der Waals surface area contributed by atoms with Gasteiger partial charge in [-0.15, -0.1) is 0 Å². The number of H-pyrrole nitrogens is 1. The molecule has 0 atom stereocenters. The Hall–Kier alpha value is -0.570. The van der Waals surface area contributed by atoms with Crippen molar-refractivity contribution >= 4 is 21.8 Å². The molecule has 0 aliphatic carbocycles. The highest BCUT2D eigenvalue weighted by atomic mass is 32.2. The minimum Gasteiger partial charge on any atom is -0.313 e. The molecule has 1 aromatic heterocycles. The molecule has 0 bridgehead atoms. The number of thioether (sulfide) groups is 1. The molecule has 1 fully saturated rings. The summed E-state index contributed by atoms with van der Waals surface area (Å²) in [4.78, 5) is 0. The maximum atomic E-state index is 12.5. The van der Waals surface area contributed by atoms with Crippen LogP contribution in [0.15, 0.2) is 5.03 Å². The Balaban J connectivity index is 2.16. The van der Waals surface area contributed by atoms with Crippen LogP contribution in [0.5, 0.6) is 0 Å². The van der Waals surface area contributed by atoms with Crippen molar-refractivity contribution in [3.63, 3.8) is 0 Å². The van der Waals surface area contributed by atoms with Crippen molar-refractivity contribution in [1.29, 1.82) is 0 Å². The zero-order valence-electron chi connectivity index (χ0n) is 11.9. The second-order valence-electron chi connectivity index (χ2n) is 4.92. The van der Waals surface area contributed by atoms with Crippen LogP contribution in [0.25, 0.3) is 0 Å². The Bertz CT molecular complexity index is 536. The monoisotopic (exact) mass is 318 g/mol. The summed E-state index contributed by atoms with van der Waals surface area (Å²) in [6, 6.07) is 0.0326. The smallest absolute Gasteiger partial charge is 0.260 e. The maximum Gasteiger partial charge on any atom is 0.260 e. The van der Waals surface area contributed by atoms with Gasteiger partial charge >= 0.3 is 0 Å². The minimum atomic E-state index is -3.54. The van der Waals surface area contributed by atoms with Gasteiger partial charge in [-0.1, -0.05) is 6.92 Å². The van der Waals surface area contributed by atoms with E-state index in [0.717, 1.165) is 42.1 Å². The fraction of sp³-hybridized carbons (Fsp3) is 0.750. The van der Waals surface area contributed by atoms with E-state index >= 15 is 0 Å². The molecule has 0 radical (unpaired) electrons. The molecular weight excluding hydrogens is 296 g/mol. The van der Waals surface area contributed by atoms with Crippen molar-refractivity contribution in [2.75, 3.05) is 18.1 Å². The van der Waals surface area contributed by atoms with Crippen LogP contribution < -0.4 is 10.0 Å². The summed E-state index contributed by atoms with van der Waals surface area (Å²) in [5.41, 5.74) is 1.52. The number of hydrogen-bond acceptors (Lipinski definition) is 5. The number of nitrogens with zero attached hydrogens (tertiary/aromatic N) is 1. The Morgan fingerprint density at radius 1 is 1.40 bits per heavy atom. The SMILES string of the molecule is CCNCc1c(S(=O)(=O)NC2CCSCC2)n[nH]c1C. The van der Waals surface area contributed by atoms with Crippen LogP contribution in [0.4, 0.5) is 0 Å². The number of sulfonamides is 1. The topological polar surface area (TPSA) is 86.9 Å². The molecule has 2 heterocycles. The third-order valence-electron chi connectivity index (χ3n) is 3.39. The second kappa shape index (κ2) is 6.93. The maximum absolute atomic E-state index is 12.5. The van der Waals surface area contributed by atoms with E-state index in [1.807, 2.05) is 25.6 Å². The van der Waals surface area contributed by atoms with Crippen molar-refractivity contribution in [2.45, 2.75) is 44.3 Å². The molecule has 0 aromatic carbocycles. The molecule has 1 aliphatic heterocycles. The van der Waals surface area contributed by atoms with Crippen molar-refractivity contribution < 1.29 is 8.42 Å². The summed E-state index contributed by atoms with van der Waals surface area (Å²) in [7, 11) is -3.54. The van der Waals surface area contributed by atoms with E-state index in [9.17, 15) is 8.42 Å². The Kier molecular flexibility index (Phi) is 5.48. The zero-order valence-corrected chi connectivity index (χ0v) is 13.5. The van der Waals surface area contributed by atoms with E-state index < -0.39 is 10.0 Å². The van der Waals surface area contributed by atoms with Gasteiger partial charge in [-0.3, -0.25) is 5.10 Å². The molecule has 3 N–H and O–H groups in total. The van der Waals surface area contributed by atoms with E-state index in [-0.39, 0.29) is 11.1 Å². The third kappa shape index (κ3) is 3.75. The fourth-order valence-electron chi connectivity index (χ4n) is 2.20. The number of aromatic amines is 1. The molecule has 0 saturated carbocycles. The fourth-order valence-corrected chi connectivity index (χ4v) is 4.81. The van der Waals surface area contributed by atoms with E-state index in [2.05, 4.69) is 20.2 Å². The molecular formula is C12H22N4O2S2. The van der Waals surface area contributed by atoms with Gasteiger partial charge in [-0.2, -0.15) is 16.9 Å². The van der Waals surface area contributed by atoms with Crippen LogP contribution in [0, 0.1) is 6.92 Å². The lowest BCUT2D eigenvalue weighted by Crippen LogP contribution is -2.38. The predicted octanol–water partition coefficient (Wildman–Crippen LogP) is 1.00. The molecule has 0 amide bonds. The van der Waals surface area contributed by atoms with E-state index in [4.69, 9.17) is 0 Å². The largest absolute Gasteiger partial charge is 0.313 e. The molecule has 1 aliphatic rings. The molecule has 1 saturated heterocycles. The summed E-state index contributed by atoms with van der Waals surface area (Å²) in [6.45, 7) is 5.13. The van der Waals surface area contributed by atoms with Crippen LogP contribution >= 0.6 is 11.8 Å². The summed E-state index contributed by atoms with van der Waals surface area (Å²) in [6.07, 6.45) is 1.77. The van der Waals surface area contributed by atoms with Crippen molar-refractivity contribution in [1.82, 2.24) is 20.2 Å². The number of aryl methyl sites for hydroxylation is 1. The highest BCUT2D eigenvalue weighted by molar-refractivity contribution is 7.99. The molecule has 114 valence electrons. The lowest BCUT2D eigenvalue weighted by atomic mass is 10.2. The average Bonchev–Trinajstić information content (AvgIpc) is 2.79. The van der Waals surface area contributed by atoms with Gasteiger partial charge in [0.1, 0.15) is 0 Å². The van der Waals surface area contributed by atoms with Crippen LogP contribution in [0.3, 0.4) is 0 Å². The van der Waals surface area contributed by atoms with Gasteiger partial charge in [0.25, 0.3) is 10.0 Å². The molecule has 2 rings (SSSR count). The molecule has 0 unspecified atom stereocenters. The van der Waals surface area contributed by atoms with E-state index in [0.29, 0.717) is 6.54 Å². The first-order chi connectivity index (χ1) is 9.54. The molecule has 0 spiro atoms. The average molecular weight is 318 g/mol. The summed E-state index contributed by atoms with van der Waals surface area (Å²) >= 11 is 1.87. The van der Waals surface area contributed by atoms with Crippen LogP contribution in [0.1, 0.15) is 31.0 Å². The number of aromatic nitrogens is 2. The molecule has 20 heavy (non-hydrogen) atoms. The van der Waals surface area contributed by atoms with Gasteiger partial charge in [-0.05, 0) is 37.8 Å². The standard InChI is InChI=1S/C12H22N4O2S2/c1-3-13-8-11-9(2)14-15-12(11)20(17,18)16-10-4-6-19-7-5-10/h10,13,16H,3-8H2,1-2H3,(H,14,15). The van der Waals surface area contributed by atoms with Crippen molar-refractivity contribution in [3.8, 4) is 0 Å². The minimum absolute atomic E-state index is 0.0326. The van der Waals surface area contributed by atoms with Gasteiger partial charge in [0.2, 0.25) is 0 Å². The third-order valence-corrected chi connectivity index (χ3v) is 5.92. The highest BCUT2D eigenvalue weighted by Crippen LogP contribution is 2.21. The Morgan fingerprint density at radius 2 is 2.10 bits per heavy atom. The molecule has 8 heteroatoms. The van der Waals surface area contributed by atoms with Crippen molar-refractivity contribution in [2.24, 2.45) is 0 Å². The first-order valence-electron chi connectivity index (χ1n) is 6.89. The first kappa shape index (κ1) is 15.8. The zero-order chi connectivity index (χ0) is 14.6. The number of rotatable bonds is 6. The lowest BCUT2D eigenvalue weighted by molar-refractivity contribution is 0.524. The predicted molar refractivity (Wildman–Crippen MR) is 81.4 cm³/mol. The summed E-state index contributed by atoms with van der Waals surface area (Å²) in [5, 5.41) is 10.0. The Labute approximate surface area is 124 Å². The van der Waals surface area contributed by atoms with Gasteiger partial charge in [0.05, 0.1) is 0 Å². The summed E-state index contributed by atoms with van der Waals surface area (Å²) < 4.78 is 27.7. The van der Waals surface area contributed by atoms with Crippen molar-refractivity contribution in [3.05, 3.63) is 11.3 Å². The Morgan fingerprint density at radius 3 is 2.75 bits per heavy atom. The van der Waals surface area contributed by atoms with Crippen LogP contribution in [-0.2, 0) is 16.6 Å². The van der Waals surface area contributed by atoms with E-state index in [1.54, 1.807) is 0 Å². The van der Waals surface area contributed by atoms with Gasteiger partial charge in [0, 0.05) is 23.8 Å². The molecule has 6 nitrogen and oxygen atoms in total. The van der Waals surface area contributed by atoms with Gasteiger partial charge in [0.15, 0.2) is 5.03 Å². The van der Waals surface area contributed by atoms with Gasteiger partial charge < -0.3 is 5.32 Å². The quantitative estimate of drug-likeness (QED) is 0.728. The number of nitrogens with one attached hydrogen (secondary N) is 3. The lowest BCUT2D eigenvalue weighted by Gasteiger charge is -2.22. The highest BCUT2D eigenvalue weighted by Gasteiger charge is 2.27. The van der Waals surface area contributed by atoms with E-state index in [1.165, 1.54) is 0 Å². The second-order valence-corrected chi connectivity index (χ2v) is 7.77.